The fourth-order valence-corrected chi connectivity index (χ4v) is 7.44. The first-order valence-corrected chi connectivity index (χ1v) is 15.0. The second-order valence-corrected chi connectivity index (χ2v) is 12.1. The van der Waals surface area contributed by atoms with Gasteiger partial charge in [0.05, 0.1) is 11.2 Å². The number of hydrogen-bond donors (Lipinski definition) is 0. The zero-order valence-corrected chi connectivity index (χ0v) is 24.1. The Balaban J connectivity index is 1.45. The van der Waals surface area contributed by atoms with Gasteiger partial charge in [0.1, 0.15) is 11.5 Å². The lowest BCUT2D eigenvalue weighted by atomic mass is 9.82. The zero-order valence-electron chi connectivity index (χ0n) is 24.1. The Bertz CT molecular complexity index is 2240. The maximum atomic E-state index is 6.63. The van der Waals surface area contributed by atoms with Crippen molar-refractivity contribution in [3.63, 3.8) is 0 Å². The van der Waals surface area contributed by atoms with Gasteiger partial charge in [0.15, 0.2) is 0 Å². The second kappa shape index (κ2) is 8.83. The summed E-state index contributed by atoms with van der Waals surface area (Å²) < 4.78 is 9.13. The molecule has 43 heavy (non-hydrogen) atoms. The van der Waals surface area contributed by atoms with E-state index in [-0.39, 0.29) is 5.41 Å². The number of nitrogens with zero attached hydrogens (tertiary/aromatic N) is 1. The standard InChI is InChI=1S/C41H29NO/c1-41(2)34-20-9-6-15-29(34)30-24-23-27(25-35(30)41)42-39-28(26-13-4-3-5-14-26)18-12-19-33(39)38-31-16-7-10-21-36(31)43-37-22-11-8-17-32(37)40(38)42/h3-25H,1-2H3. The quantitative estimate of drug-likeness (QED) is 0.208. The summed E-state index contributed by atoms with van der Waals surface area (Å²) in [4.78, 5) is 0. The van der Waals surface area contributed by atoms with Crippen LogP contribution in [-0.2, 0) is 5.41 Å². The number of aromatic nitrogens is 1. The summed E-state index contributed by atoms with van der Waals surface area (Å²) in [6.07, 6.45) is 0. The van der Waals surface area contributed by atoms with Gasteiger partial charge in [-0.05, 0) is 58.1 Å². The molecule has 2 heteroatoms. The number of fused-ring (bicyclic) bond motifs is 10. The van der Waals surface area contributed by atoms with Crippen molar-refractivity contribution in [1.29, 1.82) is 0 Å². The molecular weight excluding hydrogens is 522 g/mol. The van der Waals surface area contributed by atoms with Crippen LogP contribution in [-0.4, -0.2) is 4.57 Å². The minimum Gasteiger partial charge on any atom is -0.456 e. The van der Waals surface area contributed by atoms with Crippen LogP contribution in [0.25, 0.3) is 61.2 Å². The molecule has 0 radical (unpaired) electrons. The average Bonchev–Trinajstić information content (AvgIpc) is 3.45. The van der Waals surface area contributed by atoms with E-state index in [9.17, 15) is 0 Å². The summed E-state index contributed by atoms with van der Waals surface area (Å²) in [5.41, 5.74) is 14.6. The highest BCUT2D eigenvalue weighted by Gasteiger charge is 2.36. The van der Waals surface area contributed by atoms with Gasteiger partial charge in [-0.25, -0.2) is 0 Å². The molecule has 0 amide bonds. The van der Waals surface area contributed by atoms with E-state index in [4.69, 9.17) is 4.74 Å². The Morgan fingerprint density at radius 2 is 1.14 bits per heavy atom. The van der Waals surface area contributed by atoms with E-state index in [1.807, 2.05) is 0 Å². The molecule has 0 spiro atoms. The first-order valence-electron chi connectivity index (χ1n) is 15.0. The maximum absolute atomic E-state index is 6.63. The van der Waals surface area contributed by atoms with E-state index in [1.54, 1.807) is 0 Å². The van der Waals surface area contributed by atoms with Crippen LogP contribution >= 0.6 is 0 Å². The number of hydrogen-bond acceptors (Lipinski definition) is 1. The Hall–Kier alpha value is -5.34. The van der Waals surface area contributed by atoms with Crippen molar-refractivity contribution < 1.29 is 4.74 Å². The highest BCUT2D eigenvalue weighted by Crippen LogP contribution is 2.54. The third kappa shape index (κ3) is 3.35. The molecule has 0 fully saturated rings. The number of ether oxygens (including phenoxy) is 1. The lowest BCUT2D eigenvalue weighted by Gasteiger charge is -2.23. The van der Waals surface area contributed by atoms with E-state index in [0.29, 0.717) is 0 Å². The Labute approximate surface area is 251 Å². The van der Waals surface area contributed by atoms with Crippen LogP contribution in [0.15, 0.2) is 140 Å². The van der Waals surface area contributed by atoms with Crippen molar-refractivity contribution in [3.05, 3.63) is 151 Å². The minimum atomic E-state index is -0.0995. The van der Waals surface area contributed by atoms with Gasteiger partial charge in [0, 0.05) is 38.7 Å². The normalized spacial score (nSPS) is 13.7. The molecule has 204 valence electrons. The van der Waals surface area contributed by atoms with Crippen molar-refractivity contribution in [2.24, 2.45) is 0 Å². The molecule has 7 aromatic rings. The SMILES string of the molecule is CC1(C)c2ccccc2-c2ccc(-n3c4c(c5cccc(-c6ccccc6)c53)-c3ccccc3Oc3ccccc3-4)cc21. The summed E-state index contributed by atoms with van der Waals surface area (Å²) in [5.74, 6) is 1.75. The van der Waals surface area contributed by atoms with Gasteiger partial charge < -0.3 is 9.30 Å². The van der Waals surface area contributed by atoms with Crippen molar-refractivity contribution in [2.75, 3.05) is 0 Å². The molecule has 2 aliphatic rings. The summed E-state index contributed by atoms with van der Waals surface area (Å²) in [5, 5.41) is 1.21. The van der Waals surface area contributed by atoms with Crippen molar-refractivity contribution >= 4 is 10.9 Å². The Morgan fingerprint density at radius 1 is 0.512 bits per heavy atom. The highest BCUT2D eigenvalue weighted by molar-refractivity contribution is 6.12. The average molecular weight is 552 g/mol. The van der Waals surface area contributed by atoms with Crippen molar-refractivity contribution in [1.82, 2.24) is 4.57 Å². The third-order valence-electron chi connectivity index (χ3n) is 9.42. The largest absolute Gasteiger partial charge is 0.456 e. The van der Waals surface area contributed by atoms with Crippen LogP contribution in [0.5, 0.6) is 11.5 Å². The maximum Gasteiger partial charge on any atom is 0.136 e. The van der Waals surface area contributed by atoms with Crippen LogP contribution in [0.3, 0.4) is 0 Å². The van der Waals surface area contributed by atoms with Gasteiger partial charge in [-0.2, -0.15) is 0 Å². The van der Waals surface area contributed by atoms with E-state index in [0.717, 1.165) is 34.0 Å². The predicted octanol–water partition coefficient (Wildman–Crippen LogP) is 11.0. The molecular formula is C41H29NO. The topological polar surface area (TPSA) is 14.2 Å². The van der Waals surface area contributed by atoms with Crippen LogP contribution < -0.4 is 4.74 Å². The monoisotopic (exact) mass is 551 g/mol. The molecule has 1 aliphatic heterocycles. The number of para-hydroxylation sites is 3. The summed E-state index contributed by atoms with van der Waals surface area (Å²) in [7, 11) is 0. The first kappa shape index (κ1) is 24.3. The fraction of sp³-hybridized carbons (Fsp3) is 0.0732. The van der Waals surface area contributed by atoms with Gasteiger partial charge in [-0.1, -0.05) is 123 Å². The molecule has 0 saturated carbocycles. The van der Waals surface area contributed by atoms with Gasteiger partial charge in [-0.3, -0.25) is 0 Å². The smallest absolute Gasteiger partial charge is 0.136 e. The first-order chi connectivity index (χ1) is 21.1. The van der Waals surface area contributed by atoms with Gasteiger partial charge >= 0.3 is 0 Å². The van der Waals surface area contributed by atoms with Gasteiger partial charge in [-0.15, -0.1) is 0 Å². The molecule has 0 saturated heterocycles. The summed E-state index contributed by atoms with van der Waals surface area (Å²) in [6.45, 7) is 4.70. The van der Waals surface area contributed by atoms with E-state index < -0.39 is 0 Å². The predicted molar refractivity (Wildman–Crippen MR) is 177 cm³/mol. The van der Waals surface area contributed by atoms with Crippen LogP contribution in [0.1, 0.15) is 25.0 Å². The summed E-state index contributed by atoms with van der Waals surface area (Å²) >= 11 is 0. The molecule has 2 nitrogen and oxygen atoms in total. The molecule has 0 N–H and O–H groups in total. The van der Waals surface area contributed by atoms with Gasteiger partial charge in [0.25, 0.3) is 0 Å². The van der Waals surface area contributed by atoms with Gasteiger partial charge in [0.2, 0.25) is 0 Å². The summed E-state index contributed by atoms with van der Waals surface area (Å²) in [6, 6.07) is 50.3. The van der Waals surface area contributed by atoms with Crippen LogP contribution in [0.4, 0.5) is 0 Å². The van der Waals surface area contributed by atoms with Crippen molar-refractivity contribution in [2.45, 2.75) is 19.3 Å². The molecule has 0 atom stereocenters. The Kier molecular flexibility index (Phi) is 4.99. The molecule has 6 aromatic carbocycles. The Morgan fingerprint density at radius 3 is 1.95 bits per heavy atom. The number of benzene rings is 6. The van der Waals surface area contributed by atoms with E-state index >= 15 is 0 Å². The molecule has 0 unspecified atom stereocenters. The third-order valence-corrected chi connectivity index (χ3v) is 9.42. The zero-order chi connectivity index (χ0) is 28.7. The molecule has 2 heterocycles. The number of rotatable bonds is 2. The van der Waals surface area contributed by atoms with E-state index in [2.05, 4.69) is 158 Å². The lowest BCUT2D eigenvalue weighted by molar-refractivity contribution is 0.487. The highest BCUT2D eigenvalue weighted by atomic mass is 16.5. The molecule has 9 rings (SSSR count). The second-order valence-electron chi connectivity index (χ2n) is 12.1. The van der Waals surface area contributed by atoms with Crippen LogP contribution in [0, 0.1) is 0 Å². The fourth-order valence-electron chi connectivity index (χ4n) is 7.44. The lowest BCUT2D eigenvalue weighted by Crippen LogP contribution is -2.15. The van der Waals surface area contributed by atoms with Crippen molar-refractivity contribution in [3.8, 4) is 61.8 Å². The van der Waals surface area contributed by atoms with E-state index in [1.165, 1.54) is 49.8 Å². The molecule has 1 aliphatic carbocycles. The minimum absolute atomic E-state index is 0.0995. The molecule has 0 bridgehead atoms. The molecule has 1 aromatic heterocycles. The van der Waals surface area contributed by atoms with Crippen LogP contribution in [0.2, 0.25) is 0 Å².